The Bertz CT molecular complexity index is 833. The molecule has 2 aromatic carbocycles. The molecule has 0 aliphatic heterocycles. The van der Waals surface area contributed by atoms with Crippen molar-refractivity contribution in [2.45, 2.75) is 30.8 Å². The van der Waals surface area contributed by atoms with Gasteiger partial charge in [-0.2, -0.15) is 0 Å². The van der Waals surface area contributed by atoms with Gasteiger partial charge in [-0.25, -0.2) is 9.97 Å². The second kappa shape index (κ2) is 8.62. The van der Waals surface area contributed by atoms with Gasteiger partial charge < -0.3 is 5.32 Å². The molecule has 1 atom stereocenters. The molecule has 0 aliphatic rings. The molecule has 1 amide bonds. The van der Waals surface area contributed by atoms with E-state index in [4.69, 9.17) is 0 Å². The average molecular weight is 351 g/mol. The normalized spacial score (nSPS) is 12.0. The molecule has 4 nitrogen and oxygen atoms in total. The zero-order valence-electron chi connectivity index (χ0n) is 14.2. The van der Waals surface area contributed by atoms with Crippen LogP contribution in [0.4, 0.5) is 0 Å². The second-order valence-corrected chi connectivity index (χ2v) is 6.94. The summed E-state index contributed by atoms with van der Waals surface area (Å²) >= 11 is 1.45. The number of nitrogens with one attached hydrogen (secondary N) is 1. The Hall–Kier alpha value is -2.40. The maximum atomic E-state index is 12.2. The van der Waals surface area contributed by atoms with Gasteiger partial charge in [-0.15, -0.1) is 0 Å². The zero-order valence-corrected chi connectivity index (χ0v) is 15.0. The van der Waals surface area contributed by atoms with Crippen molar-refractivity contribution in [1.82, 2.24) is 15.3 Å². The van der Waals surface area contributed by atoms with Crippen molar-refractivity contribution >= 4 is 28.6 Å². The third kappa shape index (κ3) is 5.03. The molecule has 3 aromatic rings. The van der Waals surface area contributed by atoms with E-state index in [1.807, 2.05) is 49.4 Å². The lowest BCUT2D eigenvalue weighted by atomic mass is 10.1. The maximum absolute atomic E-state index is 12.2. The van der Waals surface area contributed by atoms with E-state index >= 15 is 0 Å². The van der Waals surface area contributed by atoms with Crippen LogP contribution in [0.3, 0.4) is 0 Å². The monoisotopic (exact) mass is 351 g/mol. The summed E-state index contributed by atoms with van der Waals surface area (Å²) in [7, 11) is 0. The van der Waals surface area contributed by atoms with Crippen LogP contribution in [0.5, 0.6) is 0 Å². The van der Waals surface area contributed by atoms with E-state index in [2.05, 4.69) is 27.4 Å². The van der Waals surface area contributed by atoms with E-state index in [9.17, 15) is 4.79 Å². The van der Waals surface area contributed by atoms with Crippen LogP contribution in [0.15, 0.2) is 66.0 Å². The molecule has 0 radical (unpaired) electrons. The van der Waals surface area contributed by atoms with Crippen molar-refractivity contribution in [2.75, 3.05) is 5.75 Å². The van der Waals surface area contributed by atoms with Crippen LogP contribution in [0.2, 0.25) is 0 Å². The summed E-state index contributed by atoms with van der Waals surface area (Å²) in [4.78, 5) is 20.8. The van der Waals surface area contributed by atoms with Crippen molar-refractivity contribution < 1.29 is 4.79 Å². The molecule has 3 rings (SSSR count). The minimum absolute atomic E-state index is 0.0354. The number of fused-ring (bicyclic) bond motifs is 1. The largest absolute Gasteiger partial charge is 0.353 e. The molecule has 128 valence electrons. The number of hydrogen-bond acceptors (Lipinski definition) is 4. The topological polar surface area (TPSA) is 54.9 Å². The van der Waals surface area contributed by atoms with Gasteiger partial charge in [-0.1, -0.05) is 60.3 Å². The van der Waals surface area contributed by atoms with Gasteiger partial charge in [0.1, 0.15) is 11.4 Å². The fraction of sp³-hybridized carbons (Fsp3) is 0.250. The highest BCUT2D eigenvalue weighted by atomic mass is 32.2. The summed E-state index contributed by atoms with van der Waals surface area (Å²) in [5.41, 5.74) is 2.20. The fourth-order valence-corrected chi connectivity index (χ4v) is 3.45. The molecule has 1 aromatic heterocycles. The van der Waals surface area contributed by atoms with Crippen LogP contribution in [-0.2, 0) is 11.2 Å². The van der Waals surface area contributed by atoms with Crippen LogP contribution in [0, 0.1) is 0 Å². The number of carbonyl (C=O) groups excluding carboxylic acids is 1. The number of amides is 1. The highest BCUT2D eigenvalue weighted by Crippen LogP contribution is 2.23. The lowest BCUT2D eigenvalue weighted by Gasteiger charge is -2.14. The molecular weight excluding hydrogens is 330 g/mol. The number of rotatable bonds is 7. The Kier molecular flexibility index (Phi) is 6.01. The van der Waals surface area contributed by atoms with Crippen molar-refractivity contribution in [3.05, 3.63) is 66.5 Å². The first-order valence-electron chi connectivity index (χ1n) is 8.38. The summed E-state index contributed by atoms with van der Waals surface area (Å²) in [6.07, 6.45) is 3.44. The minimum Gasteiger partial charge on any atom is -0.353 e. The van der Waals surface area contributed by atoms with E-state index in [0.29, 0.717) is 5.75 Å². The first-order valence-corrected chi connectivity index (χ1v) is 9.37. The van der Waals surface area contributed by atoms with Gasteiger partial charge in [0.25, 0.3) is 0 Å². The molecular formula is C20H21N3OS. The lowest BCUT2D eigenvalue weighted by Crippen LogP contribution is -2.34. The molecule has 0 aliphatic carbocycles. The first-order chi connectivity index (χ1) is 12.2. The highest BCUT2D eigenvalue weighted by molar-refractivity contribution is 8.00. The quantitative estimate of drug-likeness (QED) is 0.519. The van der Waals surface area contributed by atoms with Crippen molar-refractivity contribution in [1.29, 1.82) is 0 Å². The summed E-state index contributed by atoms with van der Waals surface area (Å²) < 4.78 is 0. The molecule has 0 saturated heterocycles. The third-order valence-electron chi connectivity index (χ3n) is 3.96. The van der Waals surface area contributed by atoms with Crippen LogP contribution in [-0.4, -0.2) is 27.7 Å². The van der Waals surface area contributed by atoms with E-state index in [1.165, 1.54) is 17.3 Å². The number of benzene rings is 2. The summed E-state index contributed by atoms with van der Waals surface area (Å²) in [6.45, 7) is 2.05. The van der Waals surface area contributed by atoms with Crippen LogP contribution in [0.25, 0.3) is 10.9 Å². The van der Waals surface area contributed by atoms with E-state index in [-0.39, 0.29) is 11.9 Å². The van der Waals surface area contributed by atoms with E-state index in [1.54, 1.807) is 6.33 Å². The Labute approximate surface area is 152 Å². The standard InChI is InChI=1S/C20H21N3OS/c1-15(11-12-16-7-3-2-4-8-16)23-19(24)13-25-20-17-9-5-6-10-18(17)21-14-22-20/h2-10,14-15H,11-13H2,1H3,(H,23,24)/t15-/m1/s1. The number of hydrogen-bond donors (Lipinski definition) is 1. The molecule has 25 heavy (non-hydrogen) atoms. The number of aryl methyl sites for hydroxylation is 1. The lowest BCUT2D eigenvalue weighted by molar-refractivity contribution is -0.119. The van der Waals surface area contributed by atoms with Gasteiger partial charge in [-0.3, -0.25) is 4.79 Å². The molecule has 1 heterocycles. The minimum atomic E-state index is 0.0354. The molecule has 1 N–H and O–H groups in total. The van der Waals surface area contributed by atoms with Gasteiger partial charge in [0.15, 0.2) is 0 Å². The van der Waals surface area contributed by atoms with Crippen LogP contribution in [0.1, 0.15) is 18.9 Å². The number of para-hydroxylation sites is 1. The Morgan fingerprint density at radius 2 is 1.84 bits per heavy atom. The van der Waals surface area contributed by atoms with Gasteiger partial charge in [-0.05, 0) is 31.4 Å². The summed E-state index contributed by atoms with van der Waals surface area (Å²) in [5.74, 6) is 0.393. The summed E-state index contributed by atoms with van der Waals surface area (Å²) in [5, 5.41) is 4.90. The number of aromatic nitrogens is 2. The van der Waals surface area contributed by atoms with Gasteiger partial charge >= 0.3 is 0 Å². The molecule has 5 heteroatoms. The van der Waals surface area contributed by atoms with E-state index in [0.717, 1.165) is 28.8 Å². The number of carbonyl (C=O) groups is 1. The van der Waals surface area contributed by atoms with Gasteiger partial charge in [0, 0.05) is 11.4 Å². The smallest absolute Gasteiger partial charge is 0.230 e. The average Bonchev–Trinajstić information content (AvgIpc) is 2.65. The molecule has 0 spiro atoms. The Balaban J connectivity index is 1.49. The van der Waals surface area contributed by atoms with Crippen molar-refractivity contribution in [3.63, 3.8) is 0 Å². The highest BCUT2D eigenvalue weighted by Gasteiger charge is 2.10. The van der Waals surface area contributed by atoms with Crippen molar-refractivity contribution in [3.8, 4) is 0 Å². The SMILES string of the molecule is C[C@H](CCc1ccccc1)NC(=O)CSc1ncnc2ccccc12. The van der Waals surface area contributed by atoms with Crippen LogP contribution >= 0.6 is 11.8 Å². The maximum Gasteiger partial charge on any atom is 0.230 e. The number of thioether (sulfide) groups is 1. The molecule has 0 bridgehead atoms. The van der Waals surface area contributed by atoms with Crippen molar-refractivity contribution in [2.24, 2.45) is 0 Å². The molecule has 0 unspecified atom stereocenters. The number of nitrogens with zero attached hydrogens (tertiary/aromatic N) is 2. The Morgan fingerprint density at radius 3 is 2.68 bits per heavy atom. The first kappa shape index (κ1) is 17.4. The second-order valence-electron chi connectivity index (χ2n) is 5.98. The Morgan fingerprint density at radius 1 is 1.08 bits per heavy atom. The third-order valence-corrected chi connectivity index (χ3v) is 4.97. The van der Waals surface area contributed by atoms with Gasteiger partial charge in [0.05, 0.1) is 11.3 Å². The van der Waals surface area contributed by atoms with E-state index < -0.39 is 0 Å². The summed E-state index contributed by atoms with van der Waals surface area (Å²) in [6, 6.07) is 18.3. The predicted octanol–water partition coefficient (Wildman–Crippen LogP) is 3.86. The molecule has 0 saturated carbocycles. The fourth-order valence-electron chi connectivity index (χ4n) is 2.65. The molecule has 0 fully saturated rings. The van der Waals surface area contributed by atoms with Crippen LogP contribution < -0.4 is 5.32 Å². The van der Waals surface area contributed by atoms with Gasteiger partial charge in [0.2, 0.25) is 5.91 Å². The zero-order chi connectivity index (χ0) is 17.5. The predicted molar refractivity (Wildman–Crippen MR) is 103 cm³/mol.